The topological polar surface area (TPSA) is 92.9 Å². The van der Waals surface area contributed by atoms with Gasteiger partial charge in [-0.05, 0) is 34.6 Å². The van der Waals surface area contributed by atoms with Crippen LogP contribution in [0.2, 0.25) is 0 Å². The molecule has 0 saturated heterocycles. The maximum atomic E-state index is 11.9. The molecule has 0 aromatic carbocycles. The Labute approximate surface area is 107 Å². The molecule has 0 aliphatic carbocycles. The zero-order chi connectivity index (χ0) is 13.9. The molecule has 1 heterocycles. The number of hydrogen-bond acceptors (Lipinski definition) is 5. The molecule has 1 rings (SSSR count). The number of aromatic nitrogens is 2. The molecule has 18 heavy (non-hydrogen) atoms. The third-order valence-electron chi connectivity index (χ3n) is 2.24. The van der Waals surface area contributed by atoms with Gasteiger partial charge in [0.05, 0.1) is 0 Å². The van der Waals surface area contributed by atoms with Crippen LogP contribution in [-0.2, 0) is 4.79 Å². The second-order valence-corrected chi connectivity index (χ2v) is 5.37. The second kappa shape index (κ2) is 5.20. The Morgan fingerprint density at radius 3 is 2.61 bits per heavy atom. The zero-order valence-corrected chi connectivity index (χ0v) is 11.5. The number of nitrogens with one attached hydrogen (secondary N) is 2. The van der Waals surface area contributed by atoms with E-state index in [0.717, 1.165) is 5.56 Å². The van der Waals surface area contributed by atoms with Crippen molar-refractivity contribution in [1.82, 2.24) is 15.3 Å². The van der Waals surface area contributed by atoms with Crippen molar-refractivity contribution in [2.24, 2.45) is 0 Å². The number of nitrogens with zero attached hydrogens (tertiary/aromatic N) is 2. The molecule has 1 atom stereocenters. The van der Waals surface area contributed by atoms with Crippen molar-refractivity contribution in [3.05, 3.63) is 11.8 Å². The van der Waals surface area contributed by atoms with E-state index in [1.165, 1.54) is 0 Å². The summed E-state index contributed by atoms with van der Waals surface area (Å²) >= 11 is 0. The van der Waals surface area contributed by atoms with Gasteiger partial charge in [0.2, 0.25) is 11.9 Å². The van der Waals surface area contributed by atoms with Gasteiger partial charge in [0.1, 0.15) is 11.9 Å². The normalized spacial score (nSPS) is 12.9. The van der Waals surface area contributed by atoms with Crippen molar-refractivity contribution in [3.8, 4) is 0 Å². The van der Waals surface area contributed by atoms with Crippen molar-refractivity contribution >= 4 is 17.7 Å². The van der Waals surface area contributed by atoms with Crippen LogP contribution in [0.4, 0.5) is 11.8 Å². The van der Waals surface area contributed by atoms with Crippen LogP contribution in [0.1, 0.15) is 33.3 Å². The van der Waals surface area contributed by atoms with Gasteiger partial charge in [-0.2, -0.15) is 4.98 Å². The summed E-state index contributed by atoms with van der Waals surface area (Å²) in [5.74, 6) is 0.685. The fraction of sp³-hybridized carbons (Fsp3) is 0.583. The molecule has 6 nitrogen and oxygen atoms in total. The molecule has 1 aromatic heterocycles. The summed E-state index contributed by atoms with van der Waals surface area (Å²) in [7, 11) is 0. The first-order chi connectivity index (χ1) is 8.19. The van der Waals surface area contributed by atoms with E-state index in [-0.39, 0.29) is 17.4 Å². The molecule has 0 saturated carbocycles. The van der Waals surface area contributed by atoms with Crippen LogP contribution in [0.3, 0.4) is 0 Å². The predicted molar refractivity (Wildman–Crippen MR) is 72.2 cm³/mol. The standard InChI is InChI=1S/C12H21N5O/c1-7-6-14-11(13)16-9(7)15-8(2)10(18)17-12(3,4)5/h6,8H,1-5H3,(H,17,18)(H3,13,14,15,16). The lowest BCUT2D eigenvalue weighted by atomic mass is 10.1. The average Bonchev–Trinajstić information content (AvgIpc) is 2.21. The largest absolute Gasteiger partial charge is 0.368 e. The van der Waals surface area contributed by atoms with Crippen molar-refractivity contribution in [3.63, 3.8) is 0 Å². The molecule has 0 aliphatic heterocycles. The molecular weight excluding hydrogens is 230 g/mol. The van der Waals surface area contributed by atoms with E-state index >= 15 is 0 Å². The first kappa shape index (κ1) is 14.2. The molecule has 4 N–H and O–H groups in total. The van der Waals surface area contributed by atoms with Gasteiger partial charge >= 0.3 is 0 Å². The SMILES string of the molecule is Cc1cnc(N)nc1NC(C)C(=O)NC(C)(C)C. The monoisotopic (exact) mass is 251 g/mol. The van der Waals surface area contributed by atoms with Gasteiger partial charge < -0.3 is 16.4 Å². The Hall–Kier alpha value is -1.85. The molecule has 1 unspecified atom stereocenters. The minimum Gasteiger partial charge on any atom is -0.368 e. The number of rotatable bonds is 3. The molecule has 0 bridgehead atoms. The first-order valence-corrected chi connectivity index (χ1v) is 5.87. The Morgan fingerprint density at radius 2 is 2.06 bits per heavy atom. The van der Waals surface area contributed by atoms with Crippen molar-refractivity contribution in [2.75, 3.05) is 11.1 Å². The Morgan fingerprint density at radius 1 is 1.44 bits per heavy atom. The number of amides is 1. The number of nitrogens with two attached hydrogens (primary N) is 1. The van der Waals surface area contributed by atoms with E-state index in [1.54, 1.807) is 13.1 Å². The first-order valence-electron chi connectivity index (χ1n) is 5.87. The van der Waals surface area contributed by atoms with Crippen LogP contribution >= 0.6 is 0 Å². The lowest BCUT2D eigenvalue weighted by Crippen LogP contribution is -2.47. The van der Waals surface area contributed by atoms with Gasteiger partial charge in [-0.1, -0.05) is 0 Å². The Bertz CT molecular complexity index is 439. The highest BCUT2D eigenvalue weighted by atomic mass is 16.2. The number of aryl methyl sites for hydroxylation is 1. The molecule has 0 aliphatic rings. The average molecular weight is 251 g/mol. The van der Waals surface area contributed by atoms with Crippen LogP contribution < -0.4 is 16.4 Å². The van der Waals surface area contributed by atoms with Gasteiger partial charge in [-0.25, -0.2) is 4.98 Å². The maximum Gasteiger partial charge on any atom is 0.242 e. The minimum absolute atomic E-state index is 0.0842. The highest BCUT2D eigenvalue weighted by Gasteiger charge is 2.19. The van der Waals surface area contributed by atoms with Crippen molar-refractivity contribution < 1.29 is 4.79 Å². The smallest absolute Gasteiger partial charge is 0.242 e. The number of hydrogen-bond donors (Lipinski definition) is 3. The van der Waals surface area contributed by atoms with Crippen molar-refractivity contribution in [1.29, 1.82) is 0 Å². The van der Waals surface area contributed by atoms with E-state index in [9.17, 15) is 4.79 Å². The molecule has 1 amide bonds. The summed E-state index contributed by atoms with van der Waals surface area (Å²) in [6.45, 7) is 9.44. The fourth-order valence-corrected chi connectivity index (χ4v) is 1.35. The Balaban J connectivity index is 2.72. The van der Waals surface area contributed by atoms with Crippen LogP contribution in [-0.4, -0.2) is 27.5 Å². The molecule has 100 valence electrons. The summed E-state index contributed by atoms with van der Waals surface area (Å²) in [5.41, 5.74) is 6.11. The molecule has 0 spiro atoms. The Kier molecular flexibility index (Phi) is 4.11. The van der Waals surface area contributed by atoms with Gasteiger partial charge in [0.15, 0.2) is 0 Å². The predicted octanol–water partition coefficient (Wildman–Crippen LogP) is 1.08. The van der Waals surface area contributed by atoms with Gasteiger partial charge in [0, 0.05) is 17.3 Å². The number of carbonyl (C=O) groups is 1. The summed E-state index contributed by atoms with van der Waals surface area (Å²) in [5, 5.41) is 5.93. The molecule has 0 fully saturated rings. The van der Waals surface area contributed by atoms with Crippen LogP contribution in [0.15, 0.2) is 6.20 Å². The van der Waals surface area contributed by atoms with Crippen LogP contribution in [0.25, 0.3) is 0 Å². The lowest BCUT2D eigenvalue weighted by molar-refractivity contribution is -0.122. The lowest BCUT2D eigenvalue weighted by Gasteiger charge is -2.24. The van der Waals surface area contributed by atoms with E-state index in [2.05, 4.69) is 20.6 Å². The highest BCUT2D eigenvalue weighted by Crippen LogP contribution is 2.12. The third-order valence-corrected chi connectivity index (χ3v) is 2.24. The van der Waals surface area contributed by atoms with Crippen LogP contribution in [0, 0.1) is 6.92 Å². The number of nitrogen functional groups attached to an aromatic ring is 1. The highest BCUT2D eigenvalue weighted by molar-refractivity contribution is 5.84. The maximum absolute atomic E-state index is 11.9. The summed E-state index contributed by atoms with van der Waals surface area (Å²) in [4.78, 5) is 19.9. The summed E-state index contributed by atoms with van der Waals surface area (Å²) in [6, 6.07) is -0.391. The summed E-state index contributed by atoms with van der Waals surface area (Å²) in [6.07, 6.45) is 1.62. The molecule has 0 radical (unpaired) electrons. The van der Waals surface area contributed by atoms with Crippen LogP contribution in [0.5, 0.6) is 0 Å². The van der Waals surface area contributed by atoms with Gasteiger partial charge in [0.25, 0.3) is 0 Å². The minimum atomic E-state index is -0.391. The van der Waals surface area contributed by atoms with E-state index in [1.807, 2.05) is 27.7 Å². The van der Waals surface area contributed by atoms with E-state index < -0.39 is 6.04 Å². The molecular formula is C12H21N5O. The second-order valence-electron chi connectivity index (χ2n) is 5.37. The number of carbonyl (C=O) groups excluding carboxylic acids is 1. The summed E-state index contributed by atoms with van der Waals surface area (Å²) < 4.78 is 0. The fourth-order valence-electron chi connectivity index (χ4n) is 1.35. The van der Waals surface area contributed by atoms with E-state index in [0.29, 0.717) is 5.82 Å². The van der Waals surface area contributed by atoms with E-state index in [4.69, 9.17) is 5.73 Å². The molecule has 1 aromatic rings. The van der Waals surface area contributed by atoms with Gasteiger partial charge in [-0.3, -0.25) is 4.79 Å². The number of anilines is 2. The van der Waals surface area contributed by atoms with Gasteiger partial charge in [-0.15, -0.1) is 0 Å². The molecule has 6 heteroatoms. The van der Waals surface area contributed by atoms with Crippen molar-refractivity contribution in [2.45, 2.75) is 46.2 Å². The quantitative estimate of drug-likeness (QED) is 0.747. The third kappa shape index (κ3) is 4.20. The zero-order valence-electron chi connectivity index (χ0n) is 11.5.